The van der Waals surface area contributed by atoms with Crippen LogP contribution in [-0.2, 0) is 10.0 Å². The Balaban J connectivity index is 1.45. The number of nitrogens with one attached hydrogen (secondary N) is 1. The highest BCUT2D eigenvalue weighted by Gasteiger charge is 2.21. The number of methoxy groups -OCH3 is 3. The molecule has 170 valence electrons. The van der Waals surface area contributed by atoms with E-state index in [1.165, 1.54) is 26.0 Å². The standard InChI is InChI=1S/C22H31N3O5S/c1-28-19-7-5-18(6-8-19)25-15-13-24(14-16-25)12-4-11-23-31(26,27)22-17-20(29-2)9-10-21(22)30-3/h5-10,17,23H,4,11-16H2,1-3H3. The van der Waals surface area contributed by atoms with E-state index in [0.29, 0.717) is 18.0 Å². The highest BCUT2D eigenvalue weighted by molar-refractivity contribution is 7.89. The molecule has 1 fully saturated rings. The van der Waals surface area contributed by atoms with Crippen LogP contribution in [0.2, 0.25) is 0 Å². The van der Waals surface area contributed by atoms with Gasteiger partial charge in [0.15, 0.2) is 0 Å². The number of ether oxygens (including phenoxy) is 3. The summed E-state index contributed by atoms with van der Waals surface area (Å²) in [6.45, 7) is 4.98. The third-order valence-corrected chi connectivity index (χ3v) is 6.90. The Morgan fingerprint density at radius 2 is 1.52 bits per heavy atom. The summed E-state index contributed by atoms with van der Waals surface area (Å²) in [6.07, 6.45) is 0.730. The zero-order valence-electron chi connectivity index (χ0n) is 18.3. The van der Waals surface area contributed by atoms with Crippen molar-refractivity contribution < 1.29 is 22.6 Å². The first-order chi connectivity index (χ1) is 15.0. The summed E-state index contributed by atoms with van der Waals surface area (Å²) in [6, 6.07) is 12.8. The van der Waals surface area contributed by atoms with Crippen molar-refractivity contribution in [2.24, 2.45) is 0 Å². The number of hydrogen-bond acceptors (Lipinski definition) is 7. The Morgan fingerprint density at radius 1 is 0.871 bits per heavy atom. The SMILES string of the molecule is COc1ccc(N2CCN(CCCNS(=O)(=O)c3cc(OC)ccc3OC)CC2)cc1. The highest BCUT2D eigenvalue weighted by atomic mass is 32.2. The van der Waals surface area contributed by atoms with Crippen LogP contribution < -0.4 is 23.8 Å². The Bertz CT molecular complexity index is 942. The molecule has 0 amide bonds. The molecule has 1 N–H and O–H groups in total. The van der Waals surface area contributed by atoms with Crippen molar-refractivity contribution in [3.05, 3.63) is 42.5 Å². The van der Waals surface area contributed by atoms with Crippen LogP contribution in [0.3, 0.4) is 0 Å². The zero-order valence-corrected chi connectivity index (χ0v) is 19.2. The molecule has 0 aliphatic carbocycles. The van der Waals surface area contributed by atoms with Gasteiger partial charge in [0, 0.05) is 44.5 Å². The fourth-order valence-electron chi connectivity index (χ4n) is 3.60. The molecule has 1 heterocycles. The van der Waals surface area contributed by atoms with Gasteiger partial charge in [0.25, 0.3) is 0 Å². The van der Waals surface area contributed by atoms with Crippen molar-refractivity contribution in [2.75, 3.05) is 65.5 Å². The van der Waals surface area contributed by atoms with Gasteiger partial charge in [-0.2, -0.15) is 0 Å². The van der Waals surface area contributed by atoms with Gasteiger partial charge in [0.05, 0.1) is 21.3 Å². The number of piperazine rings is 1. The van der Waals surface area contributed by atoms with Crippen molar-refractivity contribution in [1.29, 1.82) is 0 Å². The first-order valence-electron chi connectivity index (χ1n) is 10.3. The molecule has 0 spiro atoms. The van der Waals surface area contributed by atoms with Crippen LogP contribution in [0.15, 0.2) is 47.4 Å². The molecular formula is C22H31N3O5S. The van der Waals surface area contributed by atoms with Crippen LogP contribution in [0.4, 0.5) is 5.69 Å². The van der Waals surface area contributed by atoms with Gasteiger partial charge >= 0.3 is 0 Å². The van der Waals surface area contributed by atoms with E-state index in [9.17, 15) is 8.42 Å². The molecular weight excluding hydrogens is 418 g/mol. The van der Waals surface area contributed by atoms with Crippen molar-refractivity contribution >= 4 is 15.7 Å². The van der Waals surface area contributed by atoms with Crippen molar-refractivity contribution in [3.63, 3.8) is 0 Å². The lowest BCUT2D eigenvalue weighted by Crippen LogP contribution is -2.47. The molecule has 0 radical (unpaired) electrons. The average Bonchev–Trinajstić information content (AvgIpc) is 2.82. The van der Waals surface area contributed by atoms with E-state index in [2.05, 4.69) is 26.7 Å². The van der Waals surface area contributed by atoms with Gasteiger partial charge in [0.2, 0.25) is 10.0 Å². The third kappa shape index (κ3) is 6.03. The highest BCUT2D eigenvalue weighted by Crippen LogP contribution is 2.28. The molecule has 1 aliphatic rings. The molecule has 0 bridgehead atoms. The number of hydrogen-bond donors (Lipinski definition) is 1. The van der Waals surface area contributed by atoms with Crippen LogP contribution in [0.1, 0.15) is 6.42 Å². The van der Waals surface area contributed by atoms with Gasteiger partial charge in [-0.05, 0) is 49.4 Å². The van der Waals surface area contributed by atoms with E-state index in [4.69, 9.17) is 14.2 Å². The second-order valence-corrected chi connectivity index (χ2v) is 9.03. The second-order valence-electron chi connectivity index (χ2n) is 7.29. The monoisotopic (exact) mass is 449 g/mol. The maximum atomic E-state index is 12.7. The van der Waals surface area contributed by atoms with E-state index in [-0.39, 0.29) is 4.90 Å². The third-order valence-electron chi connectivity index (χ3n) is 5.41. The van der Waals surface area contributed by atoms with Gasteiger partial charge in [-0.3, -0.25) is 4.90 Å². The molecule has 1 aliphatic heterocycles. The minimum absolute atomic E-state index is 0.0856. The van der Waals surface area contributed by atoms with Gasteiger partial charge in [-0.15, -0.1) is 0 Å². The number of anilines is 1. The lowest BCUT2D eigenvalue weighted by Gasteiger charge is -2.36. The molecule has 0 unspecified atom stereocenters. The molecule has 8 nitrogen and oxygen atoms in total. The summed E-state index contributed by atoms with van der Waals surface area (Å²) < 4.78 is 43.6. The molecule has 0 atom stereocenters. The lowest BCUT2D eigenvalue weighted by molar-refractivity contribution is 0.255. The number of sulfonamides is 1. The topological polar surface area (TPSA) is 80.3 Å². The summed E-state index contributed by atoms with van der Waals surface area (Å²) in [4.78, 5) is 4.80. The van der Waals surface area contributed by atoms with E-state index in [1.54, 1.807) is 19.2 Å². The minimum atomic E-state index is -3.68. The van der Waals surface area contributed by atoms with Crippen molar-refractivity contribution in [1.82, 2.24) is 9.62 Å². The smallest absolute Gasteiger partial charge is 0.244 e. The van der Waals surface area contributed by atoms with E-state index >= 15 is 0 Å². The van der Waals surface area contributed by atoms with Crippen LogP contribution in [0.5, 0.6) is 17.2 Å². The summed E-state index contributed by atoms with van der Waals surface area (Å²) in [5, 5.41) is 0. The van der Waals surface area contributed by atoms with Crippen LogP contribution in [0, 0.1) is 0 Å². The lowest BCUT2D eigenvalue weighted by atomic mass is 10.2. The molecule has 1 saturated heterocycles. The summed E-state index contributed by atoms with van der Waals surface area (Å²) in [5.74, 6) is 1.62. The predicted octanol–water partition coefficient (Wildman–Crippen LogP) is 2.20. The molecule has 2 aromatic rings. The fraction of sp³-hybridized carbons (Fsp3) is 0.455. The molecule has 2 aromatic carbocycles. The van der Waals surface area contributed by atoms with Crippen molar-refractivity contribution in [3.8, 4) is 17.2 Å². The second kappa shape index (κ2) is 10.7. The minimum Gasteiger partial charge on any atom is -0.497 e. The maximum Gasteiger partial charge on any atom is 0.244 e. The first-order valence-corrected chi connectivity index (χ1v) is 11.8. The fourth-order valence-corrected chi connectivity index (χ4v) is 4.86. The molecule has 3 rings (SSSR count). The van der Waals surface area contributed by atoms with E-state index in [1.807, 2.05) is 12.1 Å². The van der Waals surface area contributed by atoms with Gasteiger partial charge in [-0.25, -0.2) is 13.1 Å². The van der Waals surface area contributed by atoms with Gasteiger partial charge in [0.1, 0.15) is 22.1 Å². The maximum absolute atomic E-state index is 12.7. The zero-order chi connectivity index (χ0) is 22.3. The normalized spacial score (nSPS) is 15.0. The quantitative estimate of drug-likeness (QED) is 0.557. The Hall–Kier alpha value is -2.49. The van der Waals surface area contributed by atoms with Crippen molar-refractivity contribution in [2.45, 2.75) is 11.3 Å². The average molecular weight is 450 g/mol. The molecule has 31 heavy (non-hydrogen) atoms. The van der Waals surface area contributed by atoms with E-state index in [0.717, 1.165) is 44.9 Å². The van der Waals surface area contributed by atoms with Crippen LogP contribution in [0.25, 0.3) is 0 Å². The number of rotatable bonds is 10. The van der Waals surface area contributed by atoms with Gasteiger partial charge in [-0.1, -0.05) is 0 Å². The summed E-state index contributed by atoms with van der Waals surface area (Å²) >= 11 is 0. The number of benzene rings is 2. The Kier molecular flexibility index (Phi) is 8.00. The van der Waals surface area contributed by atoms with Crippen LogP contribution >= 0.6 is 0 Å². The first kappa shape index (κ1) is 23.2. The van der Waals surface area contributed by atoms with Gasteiger partial charge < -0.3 is 19.1 Å². The van der Waals surface area contributed by atoms with Crippen LogP contribution in [-0.4, -0.2) is 73.9 Å². The Labute approximate surface area is 184 Å². The largest absolute Gasteiger partial charge is 0.497 e. The summed E-state index contributed by atoms with van der Waals surface area (Å²) in [7, 11) is 0.937. The summed E-state index contributed by atoms with van der Waals surface area (Å²) in [5.41, 5.74) is 1.19. The molecule has 9 heteroatoms. The molecule has 0 saturated carbocycles. The number of nitrogens with zero attached hydrogens (tertiary/aromatic N) is 2. The Morgan fingerprint density at radius 3 is 2.13 bits per heavy atom. The predicted molar refractivity (Wildman–Crippen MR) is 121 cm³/mol. The van der Waals surface area contributed by atoms with E-state index < -0.39 is 10.0 Å². The molecule has 0 aromatic heterocycles.